The minimum absolute atomic E-state index is 0.124. The van der Waals surface area contributed by atoms with Crippen LogP contribution in [-0.4, -0.2) is 29.6 Å². The third-order valence-electron chi connectivity index (χ3n) is 3.72. The largest absolute Gasteiger partial charge is 0.493 e. The predicted octanol–water partition coefficient (Wildman–Crippen LogP) is 4.85. The lowest BCUT2D eigenvalue weighted by molar-refractivity contribution is -0.121. The van der Waals surface area contributed by atoms with Crippen LogP contribution in [0.5, 0.6) is 5.75 Å². The molecular weight excluding hydrogens is 351 g/mol. The molecule has 0 radical (unpaired) electrons. The van der Waals surface area contributed by atoms with Gasteiger partial charge in [-0.2, -0.15) is 0 Å². The van der Waals surface area contributed by atoms with Crippen LogP contribution in [0.1, 0.15) is 18.9 Å². The van der Waals surface area contributed by atoms with Gasteiger partial charge in [0.15, 0.2) is 5.17 Å². The summed E-state index contributed by atoms with van der Waals surface area (Å²) in [6.07, 6.45) is 2.73. The molecule has 1 saturated heterocycles. The molecule has 3 rings (SSSR count). The van der Waals surface area contributed by atoms with Crippen molar-refractivity contribution in [2.75, 3.05) is 13.7 Å². The molecule has 0 unspecified atom stereocenters. The molecule has 26 heavy (non-hydrogen) atoms. The average molecular weight is 370 g/mol. The molecule has 1 fully saturated rings. The lowest BCUT2D eigenvalue weighted by atomic mass is 10.2. The number of halogens is 1. The highest BCUT2D eigenvalue weighted by Crippen LogP contribution is 2.34. The Morgan fingerprint density at radius 1 is 1.19 bits per heavy atom. The van der Waals surface area contributed by atoms with E-state index in [0.29, 0.717) is 22.4 Å². The molecule has 0 spiro atoms. The number of carbonyl (C=O) groups is 1. The first-order valence-electron chi connectivity index (χ1n) is 8.32. The van der Waals surface area contributed by atoms with E-state index < -0.39 is 0 Å². The molecule has 2 aromatic rings. The predicted molar refractivity (Wildman–Crippen MR) is 104 cm³/mol. The van der Waals surface area contributed by atoms with Gasteiger partial charge >= 0.3 is 0 Å². The number of nitrogens with zero attached hydrogens (tertiary/aromatic N) is 2. The number of thioether (sulfide) groups is 1. The molecule has 0 atom stereocenters. The van der Waals surface area contributed by atoms with Crippen molar-refractivity contribution in [2.45, 2.75) is 13.3 Å². The van der Waals surface area contributed by atoms with Crippen LogP contribution >= 0.6 is 11.8 Å². The number of amidine groups is 1. The highest BCUT2D eigenvalue weighted by atomic mass is 32.2. The molecule has 1 heterocycles. The second-order valence-corrected chi connectivity index (χ2v) is 6.74. The number of amides is 1. The third-order valence-corrected chi connectivity index (χ3v) is 4.78. The van der Waals surface area contributed by atoms with E-state index in [1.807, 2.05) is 37.3 Å². The standard InChI is InChI=1S/C20H19FN2O2S/c1-3-12-25-17-7-5-4-6-14(17)13-18-19(24)23(2)20(26-18)22-16-10-8-15(21)9-11-16/h4-11,13H,3,12H2,1-2H3/b18-13+,22-20?. The summed E-state index contributed by atoms with van der Waals surface area (Å²) in [7, 11) is 1.68. The van der Waals surface area contributed by atoms with E-state index in [0.717, 1.165) is 17.7 Å². The van der Waals surface area contributed by atoms with Gasteiger partial charge in [0.25, 0.3) is 5.91 Å². The van der Waals surface area contributed by atoms with Gasteiger partial charge in [-0.25, -0.2) is 9.38 Å². The fourth-order valence-corrected chi connectivity index (χ4v) is 3.34. The third kappa shape index (κ3) is 4.14. The van der Waals surface area contributed by atoms with E-state index in [9.17, 15) is 9.18 Å². The van der Waals surface area contributed by atoms with E-state index in [-0.39, 0.29) is 11.7 Å². The molecule has 4 nitrogen and oxygen atoms in total. The molecule has 0 aliphatic carbocycles. The molecule has 6 heteroatoms. The highest BCUT2D eigenvalue weighted by molar-refractivity contribution is 8.18. The van der Waals surface area contributed by atoms with Gasteiger partial charge in [-0.05, 0) is 54.6 Å². The summed E-state index contributed by atoms with van der Waals surface area (Å²) in [5, 5.41) is 0.555. The van der Waals surface area contributed by atoms with E-state index in [1.54, 1.807) is 19.2 Å². The lowest BCUT2D eigenvalue weighted by Gasteiger charge is -2.08. The number of carbonyl (C=O) groups excluding carboxylic acids is 1. The van der Waals surface area contributed by atoms with Crippen molar-refractivity contribution >= 4 is 34.6 Å². The summed E-state index contributed by atoms with van der Waals surface area (Å²) in [4.78, 5) is 19.1. The number of rotatable bonds is 5. The molecule has 0 saturated carbocycles. The van der Waals surface area contributed by atoms with Crippen molar-refractivity contribution in [1.29, 1.82) is 0 Å². The maximum Gasteiger partial charge on any atom is 0.266 e. The summed E-state index contributed by atoms with van der Waals surface area (Å²) in [6, 6.07) is 13.5. The zero-order valence-corrected chi connectivity index (χ0v) is 15.4. The fourth-order valence-electron chi connectivity index (χ4n) is 2.36. The van der Waals surface area contributed by atoms with Gasteiger partial charge in [0, 0.05) is 12.6 Å². The lowest BCUT2D eigenvalue weighted by Crippen LogP contribution is -2.23. The van der Waals surface area contributed by atoms with Crippen LogP contribution in [0.4, 0.5) is 10.1 Å². The average Bonchev–Trinajstić information content (AvgIpc) is 2.91. The minimum Gasteiger partial charge on any atom is -0.493 e. The monoisotopic (exact) mass is 370 g/mol. The van der Waals surface area contributed by atoms with Gasteiger partial charge in [-0.15, -0.1) is 0 Å². The van der Waals surface area contributed by atoms with Crippen molar-refractivity contribution in [3.05, 3.63) is 64.8 Å². The topological polar surface area (TPSA) is 41.9 Å². The Balaban J connectivity index is 1.87. The fraction of sp³-hybridized carbons (Fsp3) is 0.200. The summed E-state index contributed by atoms with van der Waals surface area (Å²) in [6.45, 7) is 2.67. The van der Waals surface area contributed by atoms with Crippen molar-refractivity contribution in [3.63, 3.8) is 0 Å². The molecule has 0 N–H and O–H groups in total. The van der Waals surface area contributed by atoms with Gasteiger partial charge in [0.2, 0.25) is 0 Å². The second-order valence-electron chi connectivity index (χ2n) is 5.73. The van der Waals surface area contributed by atoms with Gasteiger partial charge in [-0.1, -0.05) is 25.1 Å². The van der Waals surface area contributed by atoms with Crippen LogP contribution in [0.2, 0.25) is 0 Å². The molecule has 0 bridgehead atoms. The van der Waals surface area contributed by atoms with Crippen molar-refractivity contribution in [2.24, 2.45) is 4.99 Å². The van der Waals surface area contributed by atoms with E-state index >= 15 is 0 Å². The van der Waals surface area contributed by atoms with Crippen LogP contribution in [0.15, 0.2) is 58.4 Å². The van der Waals surface area contributed by atoms with Crippen molar-refractivity contribution in [1.82, 2.24) is 4.90 Å². The summed E-state index contributed by atoms with van der Waals surface area (Å²) >= 11 is 1.29. The molecule has 134 valence electrons. The molecule has 2 aromatic carbocycles. The van der Waals surface area contributed by atoms with Gasteiger partial charge in [-0.3, -0.25) is 9.69 Å². The van der Waals surface area contributed by atoms with E-state index in [2.05, 4.69) is 4.99 Å². The van der Waals surface area contributed by atoms with Crippen LogP contribution in [0.3, 0.4) is 0 Å². The molecular formula is C20H19FN2O2S. The second kappa shape index (κ2) is 8.19. The molecule has 1 aliphatic heterocycles. The van der Waals surface area contributed by atoms with Crippen molar-refractivity contribution < 1.29 is 13.9 Å². The Labute approximate surface area is 156 Å². The number of hydrogen-bond acceptors (Lipinski definition) is 4. The number of aliphatic imine (C=N–C) groups is 1. The van der Waals surface area contributed by atoms with E-state index in [4.69, 9.17) is 4.74 Å². The van der Waals surface area contributed by atoms with Gasteiger partial charge < -0.3 is 4.74 Å². The van der Waals surface area contributed by atoms with Crippen LogP contribution in [0, 0.1) is 5.82 Å². The first kappa shape index (κ1) is 18.2. The summed E-state index contributed by atoms with van der Waals surface area (Å²) in [5.41, 5.74) is 1.45. The van der Waals surface area contributed by atoms with Gasteiger partial charge in [0.1, 0.15) is 11.6 Å². The Morgan fingerprint density at radius 2 is 1.92 bits per heavy atom. The van der Waals surface area contributed by atoms with Gasteiger partial charge in [0.05, 0.1) is 17.2 Å². The number of hydrogen-bond donors (Lipinski definition) is 0. The first-order valence-corrected chi connectivity index (χ1v) is 9.14. The Hall–Kier alpha value is -2.60. The first-order chi connectivity index (χ1) is 12.6. The number of likely N-dealkylation sites (N-methyl/N-ethyl adjacent to an activating group) is 1. The Morgan fingerprint density at radius 3 is 2.65 bits per heavy atom. The number of benzene rings is 2. The van der Waals surface area contributed by atoms with Crippen molar-refractivity contribution in [3.8, 4) is 5.75 Å². The zero-order valence-electron chi connectivity index (χ0n) is 14.6. The quantitative estimate of drug-likeness (QED) is 0.707. The minimum atomic E-state index is -0.318. The SMILES string of the molecule is CCCOc1ccccc1/C=C1/SC(=Nc2ccc(F)cc2)N(C)C1=O. The molecule has 1 amide bonds. The van der Waals surface area contributed by atoms with E-state index in [1.165, 1.54) is 28.8 Å². The zero-order chi connectivity index (χ0) is 18.5. The summed E-state index contributed by atoms with van der Waals surface area (Å²) < 4.78 is 18.8. The van der Waals surface area contributed by atoms with Crippen LogP contribution in [0.25, 0.3) is 6.08 Å². The Kier molecular flexibility index (Phi) is 5.73. The maximum atomic E-state index is 13.0. The smallest absolute Gasteiger partial charge is 0.266 e. The van der Waals surface area contributed by atoms with Crippen LogP contribution < -0.4 is 4.74 Å². The molecule has 0 aromatic heterocycles. The van der Waals surface area contributed by atoms with Crippen LogP contribution in [-0.2, 0) is 4.79 Å². The summed E-state index contributed by atoms with van der Waals surface area (Å²) in [5.74, 6) is 0.310. The maximum absolute atomic E-state index is 13.0. The molecule has 1 aliphatic rings. The number of ether oxygens (including phenoxy) is 1. The normalized spacial score (nSPS) is 17.3. The Bertz CT molecular complexity index is 862. The number of para-hydroxylation sites is 1. The highest BCUT2D eigenvalue weighted by Gasteiger charge is 2.30.